The molecule has 5 aromatic rings. The third-order valence-corrected chi connectivity index (χ3v) is 5.39. The van der Waals surface area contributed by atoms with Crippen LogP contribution in [0.15, 0.2) is 66.0 Å². The van der Waals surface area contributed by atoms with Gasteiger partial charge < -0.3 is 10.3 Å². The van der Waals surface area contributed by atoms with Crippen LogP contribution in [-0.4, -0.2) is 24.5 Å². The van der Waals surface area contributed by atoms with E-state index in [-0.39, 0.29) is 11.4 Å². The molecule has 0 aliphatic carbocycles. The smallest absolute Gasteiger partial charge is 0.263 e. The van der Waals surface area contributed by atoms with E-state index in [1.807, 2.05) is 13.0 Å². The molecule has 0 saturated carbocycles. The summed E-state index contributed by atoms with van der Waals surface area (Å²) in [6, 6.07) is 11.2. The topological polar surface area (TPSA) is 88.5 Å². The average Bonchev–Trinajstić information content (AvgIpc) is 3.28. The lowest BCUT2D eigenvalue weighted by atomic mass is 10.0. The van der Waals surface area contributed by atoms with Crippen LogP contribution in [0.3, 0.4) is 0 Å². The third-order valence-electron chi connectivity index (χ3n) is 5.39. The maximum atomic E-state index is 13.9. The fraction of sp³-hybridized carbons (Fsp3) is 0.130. The first-order valence-electron chi connectivity index (χ1n) is 10.1. The minimum absolute atomic E-state index is 0.242. The van der Waals surface area contributed by atoms with Crippen molar-refractivity contribution < 1.29 is 8.78 Å². The Hall–Kier alpha value is -4.14. The van der Waals surface area contributed by atoms with Crippen LogP contribution in [0.1, 0.15) is 25.1 Å². The first kappa shape index (κ1) is 19.8. The maximum absolute atomic E-state index is 13.9. The number of hydrogen-bond donors (Lipinski definition) is 2. The summed E-state index contributed by atoms with van der Waals surface area (Å²) in [4.78, 5) is 29.1. The van der Waals surface area contributed by atoms with Crippen molar-refractivity contribution in [2.75, 3.05) is 5.32 Å². The SMILES string of the molecule is CC[C@@H](Nc1ncnc2nc[nH]c12)c1cc2ccc(F)cc2c(=O)n1-c1ccc(F)cc1. The number of hydrogen-bond acceptors (Lipinski definition) is 5. The van der Waals surface area contributed by atoms with Crippen molar-refractivity contribution in [1.29, 1.82) is 0 Å². The van der Waals surface area contributed by atoms with Crippen LogP contribution in [0, 0.1) is 11.6 Å². The number of imidazole rings is 1. The Morgan fingerprint density at radius 1 is 1.03 bits per heavy atom. The second-order valence-corrected chi connectivity index (χ2v) is 7.35. The lowest BCUT2D eigenvalue weighted by molar-refractivity contribution is 0.626. The molecule has 0 unspecified atom stereocenters. The van der Waals surface area contributed by atoms with E-state index in [1.54, 1.807) is 6.07 Å². The number of pyridine rings is 1. The number of aromatic nitrogens is 5. The summed E-state index contributed by atoms with van der Waals surface area (Å²) in [6.45, 7) is 1.97. The Bertz CT molecular complexity index is 1490. The molecule has 5 rings (SSSR count). The van der Waals surface area contributed by atoms with Crippen molar-refractivity contribution in [3.05, 3.63) is 88.9 Å². The summed E-state index contributed by atoms with van der Waals surface area (Å²) in [5.74, 6) is -0.375. The Labute approximate surface area is 180 Å². The zero-order valence-electron chi connectivity index (χ0n) is 17.0. The molecule has 2 N–H and O–H groups in total. The van der Waals surface area contributed by atoms with Crippen LogP contribution in [-0.2, 0) is 0 Å². The van der Waals surface area contributed by atoms with Gasteiger partial charge in [-0.05, 0) is 54.3 Å². The Morgan fingerprint density at radius 3 is 2.59 bits per heavy atom. The minimum Gasteiger partial charge on any atom is -0.360 e. The lowest BCUT2D eigenvalue weighted by Gasteiger charge is -2.23. The van der Waals surface area contributed by atoms with Crippen molar-refractivity contribution >= 4 is 27.8 Å². The number of nitrogens with zero attached hydrogens (tertiary/aromatic N) is 4. The summed E-state index contributed by atoms with van der Waals surface area (Å²) in [5, 5.41) is 4.22. The zero-order valence-corrected chi connectivity index (χ0v) is 17.0. The summed E-state index contributed by atoms with van der Waals surface area (Å²) in [7, 11) is 0. The van der Waals surface area contributed by atoms with Crippen LogP contribution < -0.4 is 10.9 Å². The molecular formula is C23H18F2N6O. The van der Waals surface area contributed by atoms with Gasteiger partial charge in [0.2, 0.25) is 0 Å². The number of aromatic amines is 1. The van der Waals surface area contributed by atoms with Gasteiger partial charge in [-0.15, -0.1) is 0 Å². The lowest BCUT2D eigenvalue weighted by Crippen LogP contribution is -2.26. The van der Waals surface area contributed by atoms with Gasteiger partial charge in [-0.1, -0.05) is 13.0 Å². The highest BCUT2D eigenvalue weighted by molar-refractivity contribution is 5.84. The Kier molecular flexibility index (Phi) is 4.85. The normalized spacial score (nSPS) is 12.3. The van der Waals surface area contributed by atoms with Crippen molar-refractivity contribution in [2.45, 2.75) is 19.4 Å². The molecule has 0 spiro atoms. The van der Waals surface area contributed by atoms with E-state index in [2.05, 4.69) is 25.3 Å². The number of fused-ring (bicyclic) bond motifs is 2. The van der Waals surface area contributed by atoms with E-state index in [0.29, 0.717) is 40.2 Å². The molecular weight excluding hydrogens is 414 g/mol. The van der Waals surface area contributed by atoms with E-state index in [0.717, 1.165) is 0 Å². The van der Waals surface area contributed by atoms with Crippen LogP contribution in [0.25, 0.3) is 27.6 Å². The quantitative estimate of drug-likeness (QED) is 0.427. The average molecular weight is 432 g/mol. The highest BCUT2D eigenvalue weighted by atomic mass is 19.1. The maximum Gasteiger partial charge on any atom is 0.263 e. The van der Waals surface area contributed by atoms with Gasteiger partial charge in [0.05, 0.1) is 17.8 Å². The van der Waals surface area contributed by atoms with E-state index >= 15 is 0 Å². The largest absolute Gasteiger partial charge is 0.360 e. The molecule has 0 amide bonds. The monoisotopic (exact) mass is 432 g/mol. The third kappa shape index (κ3) is 3.37. The molecule has 1 atom stereocenters. The van der Waals surface area contributed by atoms with Crippen molar-refractivity contribution in [1.82, 2.24) is 24.5 Å². The summed E-state index contributed by atoms with van der Waals surface area (Å²) in [6.07, 6.45) is 3.55. The molecule has 0 aliphatic rings. The molecule has 0 fully saturated rings. The summed E-state index contributed by atoms with van der Waals surface area (Å²) < 4.78 is 28.9. The number of nitrogens with one attached hydrogen (secondary N) is 2. The van der Waals surface area contributed by atoms with E-state index < -0.39 is 17.2 Å². The molecule has 160 valence electrons. The van der Waals surface area contributed by atoms with Gasteiger partial charge in [-0.3, -0.25) is 9.36 Å². The number of halogens is 2. The van der Waals surface area contributed by atoms with Gasteiger partial charge in [0.1, 0.15) is 23.5 Å². The predicted octanol–water partition coefficient (Wildman–Crippen LogP) is 4.50. The molecule has 7 nitrogen and oxygen atoms in total. The minimum atomic E-state index is -0.499. The molecule has 0 aliphatic heterocycles. The highest BCUT2D eigenvalue weighted by Gasteiger charge is 2.20. The summed E-state index contributed by atoms with van der Waals surface area (Å²) >= 11 is 0. The van der Waals surface area contributed by atoms with E-state index in [1.165, 1.54) is 53.6 Å². The number of benzene rings is 2. The molecule has 0 bridgehead atoms. The second kappa shape index (κ2) is 7.84. The first-order valence-corrected chi connectivity index (χ1v) is 10.1. The van der Waals surface area contributed by atoms with Crippen LogP contribution in [0.5, 0.6) is 0 Å². The standard InChI is InChI=1S/C23H18F2N6O/c1-2-18(30-22-20-21(27-11-26-20)28-12-29-22)19-9-13-3-4-15(25)10-17(13)23(32)31(19)16-7-5-14(24)6-8-16/h3-12,18H,2H2,1H3,(H2,26,27,28,29,30)/t18-/m1/s1. The van der Waals surface area contributed by atoms with Crippen molar-refractivity contribution in [3.8, 4) is 5.69 Å². The van der Waals surface area contributed by atoms with Gasteiger partial charge in [0.25, 0.3) is 5.56 Å². The van der Waals surface area contributed by atoms with Gasteiger partial charge in [-0.25, -0.2) is 23.7 Å². The van der Waals surface area contributed by atoms with Gasteiger partial charge in [0, 0.05) is 11.4 Å². The first-order chi connectivity index (χ1) is 15.5. The van der Waals surface area contributed by atoms with Crippen LogP contribution in [0.4, 0.5) is 14.6 Å². The van der Waals surface area contributed by atoms with E-state index in [4.69, 9.17) is 0 Å². The fourth-order valence-electron chi connectivity index (χ4n) is 3.84. The van der Waals surface area contributed by atoms with Crippen LogP contribution >= 0.6 is 0 Å². The Morgan fingerprint density at radius 2 is 1.81 bits per heavy atom. The molecule has 0 radical (unpaired) electrons. The molecule has 2 aromatic carbocycles. The number of rotatable bonds is 5. The number of anilines is 1. The highest BCUT2D eigenvalue weighted by Crippen LogP contribution is 2.28. The van der Waals surface area contributed by atoms with E-state index in [9.17, 15) is 13.6 Å². The van der Waals surface area contributed by atoms with Crippen molar-refractivity contribution in [3.63, 3.8) is 0 Å². The molecule has 3 heterocycles. The predicted molar refractivity (Wildman–Crippen MR) is 118 cm³/mol. The molecule has 9 heteroatoms. The zero-order chi connectivity index (χ0) is 22.2. The fourth-order valence-corrected chi connectivity index (χ4v) is 3.84. The second-order valence-electron chi connectivity index (χ2n) is 7.35. The van der Waals surface area contributed by atoms with Crippen LogP contribution in [0.2, 0.25) is 0 Å². The van der Waals surface area contributed by atoms with Gasteiger partial charge >= 0.3 is 0 Å². The van der Waals surface area contributed by atoms with Gasteiger partial charge in [0.15, 0.2) is 11.5 Å². The van der Waals surface area contributed by atoms with Gasteiger partial charge in [-0.2, -0.15) is 0 Å². The molecule has 32 heavy (non-hydrogen) atoms. The van der Waals surface area contributed by atoms with Crippen molar-refractivity contribution in [2.24, 2.45) is 0 Å². The molecule has 0 saturated heterocycles. The summed E-state index contributed by atoms with van der Waals surface area (Å²) in [5.41, 5.74) is 1.88. The Balaban J connectivity index is 1.72. The number of H-pyrrole nitrogens is 1. The molecule has 3 aromatic heterocycles.